The van der Waals surface area contributed by atoms with E-state index in [-0.39, 0.29) is 0 Å². The number of hydrogen-bond donors (Lipinski definition) is 1. The smallest absolute Gasteiger partial charge is 0.163 e. The third-order valence-corrected chi connectivity index (χ3v) is 3.14. The molecular weight excluding hydrogens is 256 g/mol. The number of nitrogens with zero attached hydrogens (tertiary/aromatic N) is 3. The lowest BCUT2D eigenvalue weighted by molar-refractivity contribution is 0.171. The summed E-state index contributed by atoms with van der Waals surface area (Å²) in [5.74, 6) is 2.11. The zero-order valence-corrected chi connectivity index (χ0v) is 11.3. The van der Waals surface area contributed by atoms with Gasteiger partial charge in [0.25, 0.3) is 0 Å². The van der Waals surface area contributed by atoms with E-state index in [4.69, 9.17) is 9.47 Å². The third kappa shape index (κ3) is 2.03. The number of benzene rings is 1. The van der Waals surface area contributed by atoms with Crippen molar-refractivity contribution in [2.45, 2.75) is 6.92 Å². The lowest BCUT2D eigenvalue weighted by Gasteiger charge is -2.19. The molecule has 0 amide bonds. The van der Waals surface area contributed by atoms with Crippen molar-refractivity contribution < 1.29 is 9.47 Å². The lowest BCUT2D eigenvalue weighted by atomic mass is 10.2. The normalized spacial score (nSPS) is 12.8. The highest BCUT2D eigenvalue weighted by Gasteiger charge is 2.15. The summed E-state index contributed by atoms with van der Waals surface area (Å²) in [5, 5.41) is 16.6. The highest BCUT2D eigenvalue weighted by atomic mass is 16.6. The van der Waals surface area contributed by atoms with Gasteiger partial charge in [-0.25, -0.2) is 0 Å². The Labute approximate surface area is 116 Å². The van der Waals surface area contributed by atoms with Gasteiger partial charge >= 0.3 is 0 Å². The van der Waals surface area contributed by atoms with Gasteiger partial charge in [0.1, 0.15) is 30.7 Å². The molecule has 0 saturated heterocycles. The SMILES string of the molecule is Cc1nn(C)c(Nc2ccc3c(c2)OCCO3)c1C#N. The van der Waals surface area contributed by atoms with Crippen LogP contribution in [0, 0.1) is 18.3 Å². The zero-order chi connectivity index (χ0) is 14.1. The van der Waals surface area contributed by atoms with Gasteiger partial charge in [-0.1, -0.05) is 0 Å². The van der Waals surface area contributed by atoms with E-state index >= 15 is 0 Å². The summed E-state index contributed by atoms with van der Waals surface area (Å²) in [5.41, 5.74) is 2.08. The molecule has 0 atom stereocenters. The van der Waals surface area contributed by atoms with Crippen molar-refractivity contribution in [1.82, 2.24) is 9.78 Å². The zero-order valence-electron chi connectivity index (χ0n) is 11.3. The monoisotopic (exact) mass is 270 g/mol. The largest absolute Gasteiger partial charge is 0.486 e. The van der Waals surface area contributed by atoms with Crippen LogP contribution < -0.4 is 14.8 Å². The second-order valence-corrected chi connectivity index (χ2v) is 4.53. The van der Waals surface area contributed by atoms with Gasteiger partial charge in [-0.2, -0.15) is 10.4 Å². The van der Waals surface area contributed by atoms with Gasteiger partial charge in [0.05, 0.1) is 5.69 Å². The molecule has 0 saturated carbocycles. The van der Waals surface area contributed by atoms with Crippen LogP contribution in [0.2, 0.25) is 0 Å². The molecule has 0 radical (unpaired) electrons. The Hall–Kier alpha value is -2.68. The van der Waals surface area contributed by atoms with Crippen molar-refractivity contribution in [2.24, 2.45) is 7.05 Å². The number of ether oxygens (including phenoxy) is 2. The fraction of sp³-hybridized carbons (Fsp3) is 0.286. The summed E-state index contributed by atoms with van der Waals surface area (Å²) in [6.07, 6.45) is 0. The summed E-state index contributed by atoms with van der Waals surface area (Å²) in [6, 6.07) is 7.76. The average molecular weight is 270 g/mol. The molecular formula is C14H14N4O2. The van der Waals surface area contributed by atoms with Crippen molar-refractivity contribution >= 4 is 11.5 Å². The Morgan fingerprint density at radius 3 is 2.80 bits per heavy atom. The quantitative estimate of drug-likeness (QED) is 0.905. The van der Waals surface area contributed by atoms with Crippen LogP contribution in [0.5, 0.6) is 11.5 Å². The fourth-order valence-electron chi connectivity index (χ4n) is 2.19. The van der Waals surface area contributed by atoms with Crippen molar-refractivity contribution in [3.63, 3.8) is 0 Å². The van der Waals surface area contributed by atoms with Crippen LogP contribution in [-0.4, -0.2) is 23.0 Å². The molecule has 1 N–H and O–H groups in total. The standard InChI is InChI=1S/C14H14N4O2/c1-9-11(8-15)14(18(2)17-9)16-10-3-4-12-13(7-10)20-6-5-19-12/h3-4,7,16H,5-6H2,1-2H3. The van der Waals surface area contributed by atoms with E-state index in [2.05, 4.69) is 16.5 Å². The minimum absolute atomic E-state index is 0.544. The molecule has 6 heteroatoms. The van der Waals surface area contributed by atoms with E-state index in [1.165, 1.54) is 0 Å². The van der Waals surface area contributed by atoms with Crippen molar-refractivity contribution in [1.29, 1.82) is 5.26 Å². The van der Waals surface area contributed by atoms with Gasteiger partial charge in [0, 0.05) is 18.8 Å². The summed E-state index contributed by atoms with van der Waals surface area (Å²) < 4.78 is 12.7. The molecule has 0 unspecified atom stereocenters. The number of nitrogens with one attached hydrogen (secondary N) is 1. The van der Waals surface area contributed by atoms with E-state index in [1.54, 1.807) is 11.7 Å². The molecule has 0 spiro atoms. The van der Waals surface area contributed by atoms with E-state index in [1.807, 2.05) is 25.1 Å². The van der Waals surface area contributed by atoms with Crippen LogP contribution in [0.25, 0.3) is 0 Å². The first-order valence-electron chi connectivity index (χ1n) is 6.29. The molecule has 20 heavy (non-hydrogen) atoms. The number of aryl methyl sites for hydroxylation is 2. The number of nitriles is 1. The molecule has 1 aliphatic rings. The Morgan fingerprint density at radius 2 is 2.05 bits per heavy atom. The van der Waals surface area contributed by atoms with E-state index < -0.39 is 0 Å². The predicted molar refractivity (Wildman–Crippen MR) is 73.4 cm³/mol. The van der Waals surface area contributed by atoms with E-state index in [0.29, 0.717) is 36.0 Å². The molecule has 1 aliphatic heterocycles. The first kappa shape index (κ1) is 12.4. The molecule has 2 aromatic rings. The van der Waals surface area contributed by atoms with Gasteiger partial charge in [-0.15, -0.1) is 0 Å². The molecule has 0 aliphatic carbocycles. The summed E-state index contributed by atoms with van der Waals surface area (Å²) in [6.45, 7) is 2.93. The van der Waals surface area contributed by atoms with Crippen LogP contribution in [0.15, 0.2) is 18.2 Å². The number of aromatic nitrogens is 2. The lowest BCUT2D eigenvalue weighted by Crippen LogP contribution is -2.15. The van der Waals surface area contributed by atoms with Crippen LogP contribution in [0.4, 0.5) is 11.5 Å². The number of anilines is 2. The molecule has 0 fully saturated rings. The maximum absolute atomic E-state index is 9.19. The highest BCUT2D eigenvalue weighted by Crippen LogP contribution is 2.34. The van der Waals surface area contributed by atoms with Gasteiger partial charge in [-0.3, -0.25) is 4.68 Å². The van der Waals surface area contributed by atoms with Crippen molar-refractivity contribution in [3.8, 4) is 17.6 Å². The van der Waals surface area contributed by atoms with Gasteiger partial charge in [0.15, 0.2) is 11.5 Å². The van der Waals surface area contributed by atoms with Gasteiger partial charge in [0.2, 0.25) is 0 Å². The summed E-state index contributed by atoms with van der Waals surface area (Å²) in [7, 11) is 1.80. The minimum Gasteiger partial charge on any atom is -0.486 e. The van der Waals surface area contributed by atoms with Crippen LogP contribution in [0.1, 0.15) is 11.3 Å². The second-order valence-electron chi connectivity index (χ2n) is 4.53. The van der Waals surface area contributed by atoms with Crippen molar-refractivity contribution in [3.05, 3.63) is 29.5 Å². The molecule has 0 bridgehead atoms. The van der Waals surface area contributed by atoms with Crippen LogP contribution >= 0.6 is 0 Å². The first-order valence-corrected chi connectivity index (χ1v) is 6.29. The van der Waals surface area contributed by atoms with Gasteiger partial charge in [-0.05, 0) is 19.1 Å². The molecule has 2 heterocycles. The predicted octanol–water partition coefficient (Wildman–Crippen LogP) is 2.11. The fourth-order valence-corrected chi connectivity index (χ4v) is 2.19. The number of hydrogen-bond acceptors (Lipinski definition) is 5. The van der Waals surface area contributed by atoms with Crippen LogP contribution in [0.3, 0.4) is 0 Å². The molecule has 102 valence electrons. The Kier molecular flexibility index (Phi) is 2.95. The number of rotatable bonds is 2. The average Bonchev–Trinajstić information content (AvgIpc) is 2.72. The van der Waals surface area contributed by atoms with Gasteiger partial charge < -0.3 is 14.8 Å². The Morgan fingerprint density at radius 1 is 1.30 bits per heavy atom. The third-order valence-electron chi connectivity index (χ3n) is 3.14. The van der Waals surface area contributed by atoms with Crippen LogP contribution in [-0.2, 0) is 7.05 Å². The summed E-state index contributed by atoms with van der Waals surface area (Å²) >= 11 is 0. The van der Waals surface area contributed by atoms with E-state index in [0.717, 1.165) is 11.4 Å². The minimum atomic E-state index is 0.544. The molecule has 3 rings (SSSR count). The topological polar surface area (TPSA) is 72.1 Å². The maximum atomic E-state index is 9.19. The second kappa shape index (κ2) is 4.78. The summed E-state index contributed by atoms with van der Waals surface area (Å²) in [4.78, 5) is 0. The molecule has 1 aromatic carbocycles. The number of fused-ring (bicyclic) bond motifs is 1. The van der Waals surface area contributed by atoms with E-state index in [9.17, 15) is 5.26 Å². The maximum Gasteiger partial charge on any atom is 0.163 e. The van der Waals surface area contributed by atoms with Crippen molar-refractivity contribution in [2.75, 3.05) is 18.5 Å². The molecule has 6 nitrogen and oxygen atoms in total. The Bertz CT molecular complexity index is 700. The first-order chi connectivity index (χ1) is 9.69. The highest BCUT2D eigenvalue weighted by molar-refractivity contribution is 5.67. The molecule has 1 aromatic heterocycles. The Balaban J connectivity index is 1.94.